The van der Waals surface area contributed by atoms with Crippen LogP contribution in [0.2, 0.25) is 5.02 Å². The van der Waals surface area contributed by atoms with Gasteiger partial charge in [0.2, 0.25) is 0 Å². The van der Waals surface area contributed by atoms with Crippen molar-refractivity contribution in [3.8, 4) is 0 Å². The SMILES string of the molecule is CNCc1ccc(N2CCOCC2CO)c(Cl)c1. The van der Waals surface area contributed by atoms with Gasteiger partial charge in [0.25, 0.3) is 0 Å². The lowest BCUT2D eigenvalue weighted by Crippen LogP contribution is -2.47. The van der Waals surface area contributed by atoms with Crippen molar-refractivity contribution >= 4 is 17.3 Å². The molecule has 0 aliphatic carbocycles. The molecule has 1 unspecified atom stereocenters. The highest BCUT2D eigenvalue weighted by molar-refractivity contribution is 6.33. The van der Waals surface area contributed by atoms with E-state index in [1.807, 2.05) is 19.2 Å². The first-order chi connectivity index (χ1) is 8.76. The fourth-order valence-corrected chi connectivity index (χ4v) is 2.53. The summed E-state index contributed by atoms with van der Waals surface area (Å²) < 4.78 is 5.37. The molecule has 2 N–H and O–H groups in total. The average Bonchev–Trinajstić information content (AvgIpc) is 2.39. The summed E-state index contributed by atoms with van der Waals surface area (Å²) in [5, 5.41) is 13.2. The van der Waals surface area contributed by atoms with Gasteiger partial charge in [0.15, 0.2) is 0 Å². The van der Waals surface area contributed by atoms with Crippen LogP contribution in [0.1, 0.15) is 5.56 Å². The lowest BCUT2D eigenvalue weighted by atomic mass is 10.1. The van der Waals surface area contributed by atoms with Gasteiger partial charge in [-0.05, 0) is 24.7 Å². The van der Waals surface area contributed by atoms with Crippen LogP contribution in [0, 0.1) is 0 Å². The van der Waals surface area contributed by atoms with Gasteiger partial charge < -0.3 is 20.1 Å². The van der Waals surface area contributed by atoms with E-state index in [-0.39, 0.29) is 12.6 Å². The summed E-state index contributed by atoms with van der Waals surface area (Å²) in [5.74, 6) is 0. The molecule has 4 nitrogen and oxygen atoms in total. The number of hydrogen-bond donors (Lipinski definition) is 2. The third-order valence-corrected chi connectivity index (χ3v) is 3.44. The van der Waals surface area contributed by atoms with Gasteiger partial charge >= 0.3 is 0 Å². The molecular formula is C13H19ClN2O2. The number of nitrogens with zero attached hydrogens (tertiary/aromatic N) is 1. The van der Waals surface area contributed by atoms with Crippen LogP contribution >= 0.6 is 11.6 Å². The minimum absolute atomic E-state index is 0.00796. The first-order valence-electron chi connectivity index (χ1n) is 6.14. The first kappa shape index (κ1) is 13.6. The zero-order chi connectivity index (χ0) is 13.0. The Bertz CT molecular complexity index is 401. The monoisotopic (exact) mass is 270 g/mol. The van der Waals surface area contributed by atoms with E-state index in [9.17, 15) is 5.11 Å². The molecule has 100 valence electrons. The molecule has 0 aromatic heterocycles. The maximum atomic E-state index is 9.38. The number of rotatable bonds is 4. The van der Waals surface area contributed by atoms with Gasteiger partial charge in [-0.25, -0.2) is 0 Å². The Kier molecular flexibility index (Phi) is 4.83. The number of morpholine rings is 1. The molecule has 5 heteroatoms. The fourth-order valence-electron chi connectivity index (χ4n) is 2.22. The van der Waals surface area contributed by atoms with Crippen LogP contribution < -0.4 is 10.2 Å². The van der Waals surface area contributed by atoms with E-state index in [4.69, 9.17) is 16.3 Å². The summed E-state index contributed by atoms with van der Waals surface area (Å²) >= 11 is 6.33. The molecule has 0 radical (unpaired) electrons. The van der Waals surface area contributed by atoms with Crippen molar-refractivity contribution in [1.82, 2.24) is 5.32 Å². The van der Waals surface area contributed by atoms with Crippen LogP contribution in [-0.2, 0) is 11.3 Å². The molecular weight excluding hydrogens is 252 g/mol. The quantitative estimate of drug-likeness (QED) is 0.865. The second-order valence-corrected chi connectivity index (χ2v) is 4.83. The lowest BCUT2D eigenvalue weighted by molar-refractivity contribution is 0.0727. The molecule has 1 aliphatic rings. The van der Waals surface area contributed by atoms with E-state index in [1.165, 1.54) is 0 Å². The average molecular weight is 271 g/mol. The summed E-state index contributed by atoms with van der Waals surface area (Å²) in [6, 6.07) is 6.04. The predicted molar refractivity (Wildman–Crippen MR) is 73.3 cm³/mol. The van der Waals surface area contributed by atoms with E-state index < -0.39 is 0 Å². The van der Waals surface area contributed by atoms with Crippen molar-refractivity contribution < 1.29 is 9.84 Å². The Morgan fingerprint density at radius 3 is 3.06 bits per heavy atom. The summed E-state index contributed by atoms with van der Waals surface area (Å²) in [6.07, 6.45) is 0. The van der Waals surface area contributed by atoms with Crippen LogP contribution in [0.15, 0.2) is 18.2 Å². The molecule has 2 rings (SSSR count). The van der Waals surface area contributed by atoms with Crippen molar-refractivity contribution in [2.75, 3.05) is 38.3 Å². The highest BCUT2D eigenvalue weighted by atomic mass is 35.5. The summed E-state index contributed by atoms with van der Waals surface area (Å²) in [7, 11) is 1.91. The lowest BCUT2D eigenvalue weighted by Gasteiger charge is -2.36. The highest BCUT2D eigenvalue weighted by Gasteiger charge is 2.24. The Hall–Kier alpha value is -0.810. The van der Waals surface area contributed by atoms with Crippen molar-refractivity contribution in [3.63, 3.8) is 0 Å². The maximum absolute atomic E-state index is 9.38. The summed E-state index contributed by atoms with van der Waals surface area (Å²) in [6.45, 7) is 2.85. The normalized spacial score (nSPS) is 20.2. The fraction of sp³-hybridized carbons (Fsp3) is 0.538. The van der Waals surface area contributed by atoms with Crippen molar-refractivity contribution in [3.05, 3.63) is 28.8 Å². The molecule has 18 heavy (non-hydrogen) atoms. The molecule has 1 saturated heterocycles. The van der Waals surface area contributed by atoms with Gasteiger partial charge in [-0.3, -0.25) is 0 Å². The molecule has 0 bridgehead atoms. The molecule has 0 spiro atoms. The zero-order valence-corrected chi connectivity index (χ0v) is 11.3. The van der Waals surface area contributed by atoms with Crippen molar-refractivity contribution in [2.45, 2.75) is 12.6 Å². The van der Waals surface area contributed by atoms with Crippen LogP contribution in [-0.4, -0.2) is 44.6 Å². The molecule has 0 saturated carbocycles. The smallest absolute Gasteiger partial charge is 0.0756 e. The molecule has 1 aliphatic heterocycles. The molecule has 1 fully saturated rings. The topological polar surface area (TPSA) is 44.7 Å². The van der Waals surface area contributed by atoms with Gasteiger partial charge in [-0.2, -0.15) is 0 Å². The second-order valence-electron chi connectivity index (χ2n) is 4.42. The maximum Gasteiger partial charge on any atom is 0.0756 e. The Labute approximate surface area is 113 Å². The number of halogens is 1. The second kappa shape index (κ2) is 6.38. The van der Waals surface area contributed by atoms with E-state index >= 15 is 0 Å². The number of ether oxygens (including phenoxy) is 1. The van der Waals surface area contributed by atoms with E-state index in [1.54, 1.807) is 0 Å². The third kappa shape index (κ3) is 2.95. The van der Waals surface area contributed by atoms with Crippen molar-refractivity contribution in [2.24, 2.45) is 0 Å². The van der Waals surface area contributed by atoms with Gasteiger partial charge in [-0.15, -0.1) is 0 Å². The molecule has 1 aromatic carbocycles. The molecule has 1 aromatic rings. The van der Waals surface area contributed by atoms with E-state index in [0.717, 1.165) is 29.4 Å². The summed E-state index contributed by atoms with van der Waals surface area (Å²) in [5.41, 5.74) is 2.12. The minimum Gasteiger partial charge on any atom is -0.394 e. The molecule has 0 amide bonds. The van der Waals surface area contributed by atoms with Gasteiger partial charge in [-0.1, -0.05) is 17.7 Å². The van der Waals surface area contributed by atoms with Crippen LogP contribution in [0.5, 0.6) is 0 Å². The zero-order valence-electron chi connectivity index (χ0n) is 10.5. The number of hydrogen-bond acceptors (Lipinski definition) is 4. The first-order valence-corrected chi connectivity index (χ1v) is 6.52. The highest BCUT2D eigenvalue weighted by Crippen LogP contribution is 2.29. The van der Waals surface area contributed by atoms with E-state index in [0.29, 0.717) is 13.2 Å². The van der Waals surface area contributed by atoms with E-state index in [2.05, 4.69) is 16.3 Å². The number of nitrogens with one attached hydrogen (secondary N) is 1. The predicted octanol–water partition coefficient (Wildman–Crippen LogP) is 1.26. The standard InChI is InChI=1S/C13H19ClN2O2/c1-15-7-10-2-3-13(12(14)6-10)16-4-5-18-9-11(16)8-17/h2-3,6,11,15,17H,4-5,7-9H2,1H3. The minimum atomic E-state index is -0.00796. The number of anilines is 1. The van der Waals surface area contributed by atoms with Gasteiger partial charge in [0, 0.05) is 13.1 Å². The van der Waals surface area contributed by atoms with Crippen LogP contribution in [0.3, 0.4) is 0 Å². The Balaban J connectivity index is 2.21. The van der Waals surface area contributed by atoms with Crippen molar-refractivity contribution in [1.29, 1.82) is 0 Å². The van der Waals surface area contributed by atoms with Gasteiger partial charge in [0.1, 0.15) is 0 Å². The Morgan fingerprint density at radius 2 is 2.39 bits per heavy atom. The molecule has 1 atom stereocenters. The summed E-state index contributed by atoms with van der Waals surface area (Å²) in [4.78, 5) is 2.12. The van der Waals surface area contributed by atoms with Crippen LogP contribution in [0.4, 0.5) is 5.69 Å². The molecule has 1 heterocycles. The Morgan fingerprint density at radius 1 is 1.56 bits per heavy atom. The van der Waals surface area contributed by atoms with Gasteiger partial charge in [0.05, 0.1) is 36.6 Å². The third-order valence-electron chi connectivity index (χ3n) is 3.14. The largest absolute Gasteiger partial charge is 0.394 e. The van der Waals surface area contributed by atoms with Crippen LogP contribution in [0.25, 0.3) is 0 Å². The number of aliphatic hydroxyl groups excluding tert-OH is 1. The number of aliphatic hydroxyl groups is 1. The number of benzene rings is 1.